The first-order valence-corrected chi connectivity index (χ1v) is 10.7. The number of fused-ring (bicyclic) bond motifs is 1. The van der Waals surface area contributed by atoms with E-state index in [0.717, 1.165) is 36.7 Å². The smallest absolute Gasteiger partial charge is 0.319 e. The van der Waals surface area contributed by atoms with Crippen LogP contribution in [0, 0.1) is 0 Å². The van der Waals surface area contributed by atoms with Crippen molar-refractivity contribution < 1.29 is 4.79 Å². The number of urea groups is 1. The maximum absolute atomic E-state index is 11.8. The average Bonchev–Trinajstić information content (AvgIpc) is 3.17. The number of benzene rings is 2. The van der Waals surface area contributed by atoms with Gasteiger partial charge in [0.1, 0.15) is 0 Å². The highest BCUT2D eigenvalue weighted by Crippen LogP contribution is 2.15. The second kappa shape index (κ2) is 12.9. The summed E-state index contributed by atoms with van der Waals surface area (Å²) in [6, 6.07) is 18.3. The number of anilines is 1. The van der Waals surface area contributed by atoms with E-state index in [2.05, 4.69) is 67.4 Å². The van der Waals surface area contributed by atoms with E-state index in [1.165, 1.54) is 10.9 Å². The molecular formula is C24H33IN6O. The topological polar surface area (TPSA) is 82.5 Å². The number of nitrogens with one attached hydrogen (secondary N) is 4. The summed E-state index contributed by atoms with van der Waals surface area (Å²) < 4.78 is 2.28. The van der Waals surface area contributed by atoms with Crippen molar-refractivity contribution in [3.63, 3.8) is 0 Å². The molecule has 0 unspecified atom stereocenters. The fourth-order valence-electron chi connectivity index (χ4n) is 3.33. The van der Waals surface area contributed by atoms with Crippen LogP contribution in [0.25, 0.3) is 10.9 Å². The van der Waals surface area contributed by atoms with Gasteiger partial charge in [0.2, 0.25) is 0 Å². The molecule has 1 heterocycles. The molecule has 3 aromatic rings. The van der Waals surface area contributed by atoms with E-state index in [4.69, 9.17) is 0 Å². The summed E-state index contributed by atoms with van der Waals surface area (Å²) in [5.41, 5.74) is 3.14. The summed E-state index contributed by atoms with van der Waals surface area (Å²) in [7, 11) is 1.77. The molecule has 0 radical (unpaired) electrons. The van der Waals surface area contributed by atoms with Crippen LogP contribution in [0.4, 0.5) is 10.5 Å². The molecule has 32 heavy (non-hydrogen) atoms. The molecule has 0 aliphatic rings. The molecule has 2 aromatic carbocycles. The third kappa shape index (κ3) is 7.74. The Morgan fingerprint density at radius 1 is 1.03 bits per heavy atom. The summed E-state index contributed by atoms with van der Waals surface area (Å²) in [6.07, 6.45) is 3.14. The summed E-state index contributed by atoms with van der Waals surface area (Å²) in [4.78, 5) is 16.1. The molecular weight excluding hydrogens is 515 g/mol. The van der Waals surface area contributed by atoms with Crippen molar-refractivity contribution in [2.24, 2.45) is 4.99 Å². The Morgan fingerprint density at radius 2 is 1.78 bits per heavy atom. The summed E-state index contributed by atoms with van der Waals surface area (Å²) >= 11 is 0. The average molecular weight is 548 g/mol. The molecule has 0 atom stereocenters. The number of nitrogens with zero attached hydrogens (tertiary/aromatic N) is 2. The third-order valence-electron chi connectivity index (χ3n) is 4.86. The van der Waals surface area contributed by atoms with Crippen molar-refractivity contribution in [2.45, 2.75) is 39.4 Å². The Hall–Kier alpha value is -2.75. The number of para-hydroxylation sites is 1. The Morgan fingerprint density at radius 3 is 2.50 bits per heavy atom. The van der Waals surface area contributed by atoms with Gasteiger partial charge in [-0.2, -0.15) is 0 Å². The van der Waals surface area contributed by atoms with Gasteiger partial charge in [-0.3, -0.25) is 4.99 Å². The summed E-state index contributed by atoms with van der Waals surface area (Å²) in [6.45, 7) is 6.30. The first kappa shape index (κ1) is 25.5. The van der Waals surface area contributed by atoms with Gasteiger partial charge in [-0.1, -0.05) is 30.3 Å². The fourth-order valence-corrected chi connectivity index (χ4v) is 3.33. The Kier molecular flexibility index (Phi) is 10.3. The number of carbonyl (C=O) groups excluding carboxylic acids is 1. The molecule has 4 N–H and O–H groups in total. The number of amides is 2. The minimum atomic E-state index is -0.196. The maximum Gasteiger partial charge on any atom is 0.319 e. The number of halogens is 1. The number of hydrogen-bond donors (Lipinski definition) is 4. The first-order valence-electron chi connectivity index (χ1n) is 10.7. The highest BCUT2D eigenvalue weighted by atomic mass is 127. The van der Waals surface area contributed by atoms with Crippen LogP contribution in [0.2, 0.25) is 0 Å². The molecule has 0 spiro atoms. The van der Waals surface area contributed by atoms with Gasteiger partial charge in [0.25, 0.3) is 0 Å². The monoisotopic (exact) mass is 548 g/mol. The van der Waals surface area contributed by atoms with E-state index in [0.29, 0.717) is 6.54 Å². The Labute approximate surface area is 207 Å². The minimum Gasteiger partial charge on any atom is -0.356 e. The highest BCUT2D eigenvalue weighted by molar-refractivity contribution is 14.0. The second-order valence-electron chi connectivity index (χ2n) is 7.72. The molecule has 0 saturated heterocycles. The zero-order valence-electron chi connectivity index (χ0n) is 18.9. The number of guanidine groups is 1. The van der Waals surface area contributed by atoms with Crippen LogP contribution in [-0.2, 0) is 13.1 Å². The SMILES string of the molecule is CN=C(NCCCn1ccc2ccccc21)NCc1ccc(NC(=O)NC(C)C)cc1.I. The number of aromatic nitrogens is 1. The number of rotatable bonds is 8. The van der Waals surface area contributed by atoms with Crippen LogP contribution in [0.3, 0.4) is 0 Å². The predicted molar refractivity (Wildman–Crippen MR) is 144 cm³/mol. The highest BCUT2D eigenvalue weighted by Gasteiger charge is 2.04. The lowest BCUT2D eigenvalue weighted by molar-refractivity contribution is 0.250. The van der Waals surface area contributed by atoms with E-state index < -0.39 is 0 Å². The van der Waals surface area contributed by atoms with Crippen LogP contribution in [0.15, 0.2) is 65.8 Å². The first-order chi connectivity index (χ1) is 15.0. The quantitative estimate of drug-likeness (QED) is 0.144. The van der Waals surface area contributed by atoms with E-state index in [1.54, 1.807) is 7.05 Å². The van der Waals surface area contributed by atoms with Crippen molar-refractivity contribution in [1.29, 1.82) is 0 Å². The van der Waals surface area contributed by atoms with Crippen molar-refractivity contribution in [3.8, 4) is 0 Å². The summed E-state index contributed by atoms with van der Waals surface area (Å²) in [5, 5.41) is 13.6. The van der Waals surface area contributed by atoms with Crippen LogP contribution in [0.1, 0.15) is 25.8 Å². The molecule has 0 aliphatic carbocycles. The fraction of sp³-hybridized carbons (Fsp3) is 0.333. The molecule has 1 aromatic heterocycles. The van der Waals surface area contributed by atoms with Gasteiger partial charge in [0.05, 0.1) is 0 Å². The van der Waals surface area contributed by atoms with Gasteiger partial charge in [-0.25, -0.2) is 4.79 Å². The molecule has 3 rings (SSSR count). The van der Waals surface area contributed by atoms with Crippen molar-refractivity contribution in [2.75, 3.05) is 18.9 Å². The van der Waals surface area contributed by atoms with Crippen LogP contribution in [-0.4, -0.2) is 36.2 Å². The standard InChI is InChI=1S/C24H32N6O.HI/c1-18(2)28-24(31)29-21-11-9-19(10-12-21)17-27-23(25-3)26-14-6-15-30-16-13-20-7-4-5-8-22(20)30;/h4-5,7-13,16,18H,6,14-15,17H2,1-3H3,(H2,25,26,27)(H2,28,29,31);1H. The molecule has 7 nitrogen and oxygen atoms in total. The van der Waals surface area contributed by atoms with Crippen LogP contribution < -0.4 is 21.3 Å². The van der Waals surface area contributed by atoms with Gasteiger partial charge in [0.15, 0.2) is 5.96 Å². The number of carbonyl (C=O) groups is 1. The number of aryl methyl sites for hydroxylation is 1. The molecule has 172 valence electrons. The van der Waals surface area contributed by atoms with Gasteiger partial charge in [-0.05, 0) is 55.5 Å². The van der Waals surface area contributed by atoms with E-state index in [-0.39, 0.29) is 36.0 Å². The zero-order chi connectivity index (χ0) is 22.1. The van der Waals surface area contributed by atoms with Gasteiger partial charge < -0.3 is 25.8 Å². The second-order valence-corrected chi connectivity index (χ2v) is 7.72. The Balaban J connectivity index is 0.00000363. The minimum absolute atomic E-state index is 0. The van der Waals surface area contributed by atoms with Crippen molar-refractivity contribution in [1.82, 2.24) is 20.5 Å². The van der Waals surface area contributed by atoms with E-state index in [1.807, 2.05) is 38.1 Å². The summed E-state index contributed by atoms with van der Waals surface area (Å²) in [5.74, 6) is 0.774. The lowest BCUT2D eigenvalue weighted by Crippen LogP contribution is -2.37. The lowest BCUT2D eigenvalue weighted by Gasteiger charge is -2.13. The van der Waals surface area contributed by atoms with Crippen LogP contribution in [0.5, 0.6) is 0 Å². The van der Waals surface area contributed by atoms with Crippen molar-refractivity contribution >= 4 is 52.6 Å². The molecule has 0 aliphatic heterocycles. The molecule has 0 saturated carbocycles. The Bertz CT molecular complexity index is 1010. The normalized spacial score (nSPS) is 11.2. The molecule has 0 fully saturated rings. The van der Waals surface area contributed by atoms with Crippen LogP contribution >= 0.6 is 24.0 Å². The van der Waals surface area contributed by atoms with Crippen molar-refractivity contribution in [3.05, 3.63) is 66.4 Å². The maximum atomic E-state index is 11.8. The molecule has 0 bridgehead atoms. The largest absolute Gasteiger partial charge is 0.356 e. The van der Waals surface area contributed by atoms with Gasteiger partial charge in [0, 0.05) is 50.1 Å². The predicted octanol–water partition coefficient (Wildman–Crippen LogP) is 4.54. The third-order valence-corrected chi connectivity index (χ3v) is 4.86. The molecule has 8 heteroatoms. The van der Waals surface area contributed by atoms with Gasteiger partial charge in [-0.15, -0.1) is 24.0 Å². The zero-order valence-corrected chi connectivity index (χ0v) is 21.2. The lowest BCUT2D eigenvalue weighted by atomic mass is 10.2. The number of aliphatic imine (C=N–C) groups is 1. The molecule has 2 amide bonds. The number of hydrogen-bond acceptors (Lipinski definition) is 2. The van der Waals surface area contributed by atoms with E-state index in [9.17, 15) is 4.79 Å². The van der Waals surface area contributed by atoms with E-state index >= 15 is 0 Å². The van der Waals surface area contributed by atoms with Gasteiger partial charge >= 0.3 is 6.03 Å².